The van der Waals surface area contributed by atoms with Gasteiger partial charge in [-0.05, 0) is 43.3 Å². The van der Waals surface area contributed by atoms with Crippen LogP contribution in [0.5, 0.6) is 0 Å². The van der Waals surface area contributed by atoms with E-state index in [1.54, 1.807) is 12.3 Å². The summed E-state index contributed by atoms with van der Waals surface area (Å²) in [7, 11) is 0. The predicted octanol–water partition coefficient (Wildman–Crippen LogP) is 5.16. The molecule has 2 aromatic heterocycles. The van der Waals surface area contributed by atoms with Crippen LogP contribution < -0.4 is 15.1 Å². The van der Waals surface area contributed by atoms with Gasteiger partial charge in [-0.25, -0.2) is 9.37 Å². The molecule has 8 heteroatoms. The van der Waals surface area contributed by atoms with Crippen molar-refractivity contribution in [2.45, 2.75) is 6.92 Å². The van der Waals surface area contributed by atoms with E-state index in [-0.39, 0.29) is 5.82 Å². The highest BCUT2D eigenvalue weighted by molar-refractivity contribution is 5.99. The van der Waals surface area contributed by atoms with Gasteiger partial charge in [0.05, 0.1) is 54.9 Å². The van der Waals surface area contributed by atoms with Crippen LogP contribution >= 0.6 is 0 Å². The maximum absolute atomic E-state index is 15.1. The van der Waals surface area contributed by atoms with E-state index in [4.69, 9.17) is 14.5 Å². The Morgan fingerprint density at radius 1 is 0.865 bits per heavy atom. The Morgan fingerprint density at radius 2 is 1.62 bits per heavy atom. The number of pyridine rings is 2. The summed E-state index contributed by atoms with van der Waals surface area (Å²) in [6.07, 6.45) is 1.73. The minimum atomic E-state index is -0.354. The molecule has 1 N–H and O–H groups in total. The summed E-state index contributed by atoms with van der Waals surface area (Å²) < 4.78 is 26.2. The molecule has 0 atom stereocenters. The summed E-state index contributed by atoms with van der Waals surface area (Å²) in [6, 6.07) is 17.4. The van der Waals surface area contributed by atoms with Crippen molar-refractivity contribution in [3.05, 3.63) is 72.2 Å². The Bertz CT molecular complexity index is 1400. The van der Waals surface area contributed by atoms with E-state index in [2.05, 4.69) is 38.3 Å². The summed E-state index contributed by atoms with van der Waals surface area (Å²) in [6.45, 7) is 8.16. The zero-order valence-corrected chi connectivity index (χ0v) is 20.9. The highest BCUT2D eigenvalue weighted by Gasteiger charge is 2.21. The number of ether oxygens (including phenoxy) is 2. The third-order valence-corrected chi connectivity index (χ3v) is 7.09. The smallest absolute Gasteiger partial charge is 0.149 e. The monoisotopic (exact) mass is 499 g/mol. The molecule has 0 radical (unpaired) electrons. The van der Waals surface area contributed by atoms with E-state index >= 15 is 4.39 Å². The zero-order valence-electron chi connectivity index (χ0n) is 20.9. The van der Waals surface area contributed by atoms with E-state index in [9.17, 15) is 0 Å². The molecule has 190 valence electrons. The first-order valence-corrected chi connectivity index (χ1v) is 12.8. The van der Waals surface area contributed by atoms with Crippen LogP contribution in [0, 0.1) is 12.7 Å². The van der Waals surface area contributed by atoms with Crippen LogP contribution in [0.3, 0.4) is 0 Å². The fourth-order valence-corrected chi connectivity index (χ4v) is 5.12. The van der Waals surface area contributed by atoms with Crippen LogP contribution in [0.4, 0.5) is 27.1 Å². The average Bonchev–Trinajstić information content (AvgIpc) is 2.96. The normalized spacial score (nSPS) is 16.3. The number of benzene rings is 2. The van der Waals surface area contributed by atoms with E-state index in [0.717, 1.165) is 73.1 Å². The van der Waals surface area contributed by atoms with Gasteiger partial charge in [0.25, 0.3) is 0 Å². The predicted molar refractivity (Wildman–Crippen MR) is 145 cm³/mol. The van der Waals surface area contributed by atoms with Crippen LogP contribution in [0.25, 0.3) is 22.3 Å². The maximum atomic E-state index is 15.1. The number of nitrogens with one attached hydrogen (secondary N) is 1. The van der Waals surface area contributed by atoms with Gasteiger partial charge in [-0.2, -0.15) is 0 Å². The summed E-state index contributed by atoms with van der Waals surface area (Å²) in [5.74, 6) is -0.354. The van der Waals surface area contributed by atoms with Gasteiger partial charge in [-0.3, -0.25) is 4.98 Å². The molecule has 4 heterocycles. The standard InChI is InChI=1S/C29H30FN5O2/c1-20-27(22-5-4-6-23(30)29(22)33-28(20)24-7-2-3-10-31-24)32-25-19-21(34-11-15-36-16-12-34)8-9-26(25)35-13-17-37-18-14-35/h2-10,19H,11-18H2,1H3,(H,32,33). The van der Waals surface area contributed by atoms with Crippen molar-refractivity contribution in [1.82, 2.24) is 9.97 Å². The SMILES string of the molecule is Cc1c(-c2ccccn2)nc2c(F)cccc2c1Nc1cc(N2CCOCC2)ccc1N1CCOCC1. The number of rotatable bonds is 5. The summed E-state index contributed by atoms with van der Waals surface area (Å²) in [4.78, 5) is 13.9. The van der Waals surface area contributed by atoms with Gasteiger partial charge in [0.2, 0.25) is 0 Å². The molecule has 2 saturated heterocycles. The van der Waals surface area contributed by atoms with Crippen molar-refractivity contribution in [3.63, 3.8) is 0 Å². The maximum Gasteiger partial charge on any atom is 0.149 e. The molecule has 0 unspecified atom stereocenters. The van der Waals surface area contributed by atoms with Crippen LogP contribution in [0.2, 0.25) is 0 Å². The second-order valence-electron chi connectivity index (χ2n) is 9.34. The molecular weight excluding hydrogens is 469 g/mol. The molecule has 2 fully saturated rings. The highest BCUT2D eigenvalue weighted by atomic mass is 19.1. The van der Waals surface area contributed by atoms with Crippen LogP contribution in [-0.2, 0) is 9.47 Å². The Labute approximate surface area is 215 Å². The number of fused-ring (bicyclic) bond motifs is 1. The van der Waals surface area contributed by atoms with E-state index in [1.807, 2.05) is 31.2 Å². The van der Waals surface area contributed by atoms with Crippen molar-refractivity contribution in [3.8, 4) is 11.4 Å². The molecule has 4 aromatic rings. The van der Waals surface area contributed by atoms with Gasteiger partial charge < -0.3 is 24.6 Å². The Kier molecular flexibility index (Phi) is 6.59. The van der Waals surface area contributed by atoms with Crippen LogP contribution in [-0.4, -0.2) is 62.6 Å². The summed E-state index contributed by atoms with van der Waals surface area (Å²) in [5.41, 5.74) is 6.66. The molecule has 0 amide bonds. The number of nitrogens with zero attached hydrogens (tertiary/aromatic N) is 4. The van der Waals surface area contributed by atoms with Crippen molar-refractivity contribution in [1.29, 1.82) is 0 Å². The second kappa shape index (κ2) is 10.3. The van der Waals surface area contributed by atoms with Gasteiger partial charge in [0.1, 0.15) is 11.3 Å². The molecule has 0 spiro atoms. The highest BCUT2D eigenvalue weighted by Crippen LogP contribution is 2.39. The lowest BCUT2D eigenvalue weighted by Gasteiger charge is -2.33. The minimum Gasteiger partial charge on any atom is -0.378 e. The van der Waals surface area contributed by atoms with Crippen LogP contribution in [0.1, 0.15) is 5.56 Å². The lowest BCUT2D eigenvalue weighted by Crippen LogP contribution is -2.37. The minimum absolute atomic E-state index is 0.327. The van der Waals surface area contributed by atoms with Gasteiger partial charge in [-0.1, -0.05) is 18.2 Å². The number of hydrogen-bond acceptors (Lipinski definition) is 7. The van der Waals surface area contributed by atoms with Crippen molar-refractivity contribution >= 4 is 33.7 Å². The summed E-state index contributed by atoms with van der Waals surface area (Å²) in [5, 5.41) is 4.46. The Hall–Kier alpha value is -3.75. The first kappa shape index (κ1) is 23.6. The summed E-state index contributed by atoms with van der Waals surface area (Å²) >= 11 is 0. The number of hydrogen-bond donors (Lipinski definition) is 1. The van der Waals surface area contributed by atoms with Gasteiger partial charge in [0, 0.05) is 49.0 Å². The quantitative estimate of drug-likeness (QED) is 0.407. The average molecular weight is 500 g/mol. The van der Waals surface area contributed by atoms with Gasteiger partial charge in [0.15, 0.2) is 0 Å². The Balaban J connectivity index is 1.50. The van der Waals surface area contributed by atoms with Gasteiger partial charge in [-0.15, -0.1) is 0 Å². The molecule has 0 bridgehead atoms. The van der Waals surface area contributed by atoms with Gasteiger partial charge >= 0.3 is 0 Å². The molecule has 7 nitrogen and oxygen atoms in total. The van der Waals surface area contributed by atoms with E-state index < -0.39 is 0 Å². The number of para-hydroxylation sites is 1. The van der Waals surface area contributed by atoms with E-state index in [0.29, 0.717) is 30.1 Å². The number of anilines is 4. The van der Waals surface area contributed by atoms with E-state index in [1.165, 1.54) is 6.07 Å². The molecule has 0 aliphatic carbocycles. The molecule has 2 aromatic carbocycles. The lowest BCUT2D eigenvalue weighted by molar-refractivity contribution is 0.122. The number of halogens is 1. The molecule has 2 aliphatic rings. The molecule has 37 heavy (non-hydrogen) atoms. The number of morpholine rings is 2. The fraction of sp³-hybridized carbons (Fsp3) is 0.310. The first-order chi connectivity index (χ1) is 18.2. The Morgan fingerprint density at radius 3 is 2.35 bits per heavy atom. The number of aromatic nitrogens is 2. The van der Waals surface area contributed by atoms with Crippen molar-refractivity contribution in [2.24, 2.45) is 0 Å². The molecule has 6 rings (SSSR count). The van der Waals surface area contributed by atoms with Crippen LogP contribution in [0.15, 0.2) is 60.8 Å². The third-order valence-electron chi connectivity index (χ3n) is 7.09. The second-order valence-corrected chi connectivity index (χ2v) is 9.34. The molecular formula is C29H30FN5O2. The molecule has 2 aliphatic heterocycles. The first-order valence-electron chi connectivity index (χ1n) is 12.8. The van der Waals surface area contributed by atoms with Crippen molar-refractivity contribution < 1.29 is 13.9 Å². The third kappa shape index (κ3) is 4.70. The lowest BCUT2D eigenvalue weighted by atomic mass is 10.0. The molecule has 0 saturated carbocycles. The topological polar surface area (TPSA) is 62.8 Å². The van der Waals surface area contributed by atoms with Crippen molar-refractivity contribution in [2.75, 3.05) is 67.7 Å². The fourth-order valence-electron chi connectivity index (χ4n) is 5.12. The largest absolute Gasteiger partial charge is 0.378 e. The zero-order chi connectivity index (χ0) is 25.2.